The van der Waals surface area contributed by atoms with Crippen LogP contribution < -0.4 is 0 Å². The Bertz CT molecular complexity index is 681. The number of carbonyl (C=O) groups excluding carboxylic acids is 2. The minimum atomic E-state index is -0.443. The van der Waals surface area contributed by atoms with Crippen molar-refractivity contribution in [2.75, 3.05) is 13.2 Å². The van der Waals surface area contributed by atoms with Crippen LogP contribution in [0.2, 0.25) is 0 Å². The van der Waals surface area contributed by atoms with E-state index < -0.39 is 5.97 Å². The van der Waals surface area contributed by atoms with Crippen molar-refractivity contribution in [3.63, 3.8) is 0 Å². The predicted octanol–water partition coefficient (Wildman–Crippen LogP) is 3.64. The Balaban J connectivity index is 1.96. The second kappa shape index (κ2) is 8.80. The summed E-state index contributed by atoms with van der Waals surface area (Å²) in [6.07, 6.45) is 5.42. The van der Waals surface area contributed by atoms with Crippen molar-refractivity contribution in [1.29, 1.82) is 0 Å². The molecular weight excluding hydrogens is 342 g/mol. The number of thioether (sulfide) groups is 1. The zero-order valence-electron chi connectivity index (χ0n) is 13.6. The van der Waals surface area contributed by atoms with Gasteiger partial charge in [-0.2, -0.15) is 0 Å². The molecule has 0 aromatic heterocycles. The highest BCUT2D eigenvalue weighted by Gasteiger charge is 2.33. The summed E-state index contributed by atoms with van der Waals surface area (Å²) in [4.78, 5) is 25.9. The van der Waals surface area contributed by atoms with Crippen LogP contribution in [0.1, 0.15) is 19.4 Å². The average Bonchev–Trinajstić information content (AvgIpc) is 2.82. The summed E-state index contributed by atoms with van der Waals surface area (Å²) in [6.45, 7) is 4.10. The molecule has 0 radical (unpaired) electrons. The molecule has 0 atom stereocenters. The standard InChI is InChI=1S/C18H19NO3S2/c1-13(2)12-22-16(20)11-19-17(21)15(24-18(19)23)10-6-9-14-7-4-3-5-8-14/h3-10,13H,11-12H2,1-2H3/b9-6+,15-10-. The van der Waals surface area contributed by atoms with Crippen LogP contribution in [-0.4, -0.2) is 34.2 Å². The first kappa shape index (κ1) is 18.4. The molecule has 1 aromatic carbocycles. The molecule has 1 saturated heterocycles. The Morgan fingerprint density at radius 1 is 1.33 bits per heavy atom. The first-order chi connectivity index (χ1) is 11.5. The first-order valence-electron chi connectivity index (χ1n) is 7.60. The van der Waals surface area contributed by atoms with Gasteiger partial charge in [-0.15, -0.1) is 0 Å². The lowest BCUT2D eigenvalue weighted by Gasteiger charge is -2.14. The van der Waals surface area contributed by atoms with Crippen LogP contribution in [0, 0.1) is 5.92 Å². The molecule has 0 unspecified atom stereocenters. The van der Waals surface area contributed by atoms with Crippen molar-refractivity contribution in [1.82, 2.24) is 4.90 Å². The largest absolute Gasteiger partial charge is 0.464 e. The Hall–Kier alpha value is -1.92. The van der Waals surface area contributed by atoms with E-state index in [2.05, 4.69) is 0 Å². The van der Waals surface area contributed by atoms with E-state index in [1.807, 2.05) is 50.3 Å². The molecule has 2 rings (SSSR count). The summed E-state index contributed by atoms with van der Waals surface area (Å²) in [5.74, 6) is -0.451. The third-order valence-corrected chi connectivity index (χ3v) is 4.47. The van der Waals surface area contributed by atoms with E-state index in [4.69, 9.17) is 17.0 Å². The Labute approximate surface area is 151 Å². The number of ether oxygens (including phenoxy) is 1. The van der Waals surface area contributed by atoms with Crippen molar-refractivity contribution < 1.29 is 14.3 Å². The lowest BCUT2D eigenvalue weighted by molar-refractivity contribution is -0.147. The van der Waals surface area contributed by atoms with Crippen molar-refractivity contribution >= 4 is 46.3 Å². The Morgan fingerprint density at radius 2 is 2.04 bits per heavy atom. The quantitative estimate of drug-likeness (QED) is 0.440. The summed E-state index contributed by atoms with van der Waals surface area (Å²) in [6, 6.07) is 9.78. The molecule has 1 heterocycles. The summed E-state index contributed by atoms with van der Waals surface area (Å²) < 4.78 is 5.48. The van der Waals surface area contributed by atoms with Gasteiger partial charge >= 0.3 is 5.97 Å². The Morgan fingerprint density at radius 3 is 2.71 bits per heavy atom. The van der Waals surface area contributed by atoms with Crippen molar-refractivity contribution in [3.05, 3.63) is 53.0 Å². The van der Waals surface area contributed by atoms with Gasteiger partial charge in [0.25, 0.3) is 5.91 Å². The minimum absolute atomic E-state index is 0.142. The number of hydrogen-bond donors (Lipinski definition) is 0. The highest BCUT2D eigenvalue weighted by atomic mass is 32.2. The summed E-state index contributed by atoms with van der Waals surface area (Å²) in [5.41, 5.74) is 1.04. The van der Waals surface area contributed by atoms with Crippen molar-refractivity contribution in [3.8, 4) is 0 Å². The van der Waals surface area contributed by atoms with Gasteiger partial charge in [-0.05, 0) is 17.6 Å². The zero-order valence-corrected chi connectivity index (χ0v) is 15.2. The van der Waals surface area contributed by atoms with E-state index in [-0.39, 0.29) is 18.4 Å². The molecular formula is C18H19NO3S2. The van der Waals surface area contributed by atoms with Crippen molar-refractivity contribution in [2.45, 2.75) is 13.8 Å². The monoisotopic (exact) mass is 361 g/mol. The third kappa shape index (κ3) is 5.32. The molecule has 0 saturated carbocycles. The highest BCUT2D eigenvalue weighted by Crippen LogP contribution is 2.30. The van der Waals surface area contributed by atoms with Crippen LogP contribution >= 0.6 is 24.0 Å². The van der Waals surface area contributed by atoms with Gasteiger partial charge in [0.15, 0.2) is 0 Å². The number of thiocarbonyl (C=S) groups is 1. The second-order valence-corrected chi connectivity index (χ2v) is 7.31. The van der Waals surface area contributed by atoms with Gasteiger partial charge in [-0.3, -0.25) is 14.5 Å². The molecule has 126 valence electrons. The molecule has 0 bridgehead atoms. The topological polar surface area (TPSA) is 46.6 Å². The van der Waals surface area contributed by atoms with E-state index in [1.165, 1.54) is 16.7 Å². The lowest BCUT2D eigenvalue weighted by Crippen LogP contribution is -2.34. The fraction of sp³-hybridized carbons (Fsp3) is 0.278. The van der Waals surface area contributed by atoms with Crippen LogP contribution in [0.15, 0.2) is 47.4 Å². The van der Waals surface area contributed by atoms with Gasteiger partial charge in [0.1, 0.15) is 10.9 Å². The van der Waals surface area contributed by atoms with Gasteiger partial charge < -0.3 is 4.74 Å². The smallest absolute Gasteiger partial charge is 0.326 e. The number of carbonyl (C=O) groups is 2. The van der Waals surface area contributed by atoms with E-state index in [9.17, 15) is 9.59 Å². The van der Waals surface area contributed by atoms with Gasteiger partial charge in [-0.1, -0.05) is 80.3 Å². The SMILES string of the molecule is CC(C)COC(=O)CN1C(=O)/C(=C/C=C/c2ccccc2)SC1=S. The first-order valence-corrected chi connectivity index (χ1v) is 8.82. The fourth-order valence-electron chi connectivity index (χ4n) is 1.90. The number of allylic oxidation sites excluding steroid dienone is 2. The average molecular weight is 361 g/mol. The predicted molar refractivity (Wildman–Crippen MR) is 101 cm³/mol. The van der Waals surface area contributed by atoms with E-state index in [0.717, 1.165) is 5.56 Å². The maximum absolute atomic E-state index is 12.3. The maximum Gasteiger partial charge on any atom is 0.326 e. The maximum atomic E-state index is 12.3. The van der Waals surface area contributed by atoms with Gasteiger partial charge in [0, 0.05) is 0 Å². The molecule has 0 spiro atoms. The molecule has 6 heteroatoms. The number of nitrogens with zero attached hydrogens (tertiary/aromatic N) is 1. The van der Waals surface area contributed by atoms with Crippen LogP contribution in [0.25, 0.3) is 6.08 Å². The number of amides is 1. The summed E-state index contributed by atoms with van der Waals surface area (Å²) >= 11 is 6.38. The second-order valence-electron chi connectivity index (χ2n) is 5.64. The van der Waals surface area contributed by atoms with Crippen LogP contribution in [0.4, 0.5) is 0 Å². The van der Waals surface area contributed by atoms with Crippen LogP contribution in [0.3, 0.4) is 0 Å². The highest BCUT2D eigenvalue weighted by molar-refractivity contribution is 8.26. The third-order valence-electron chi connectivity index (χ3n) is 3.07. The number of esters is 1. The molecule has 0 aliphatic carbocycles. The normalized spacial score (nSPS) is 16.6. The number of rotatable bonds is 6. The molecule has 24 heavy (non-hydrogen) atoms. The van der Waals surface area contributed by atoms with Crippen LogP contribution in [-0.2, 0) is 14.3 Å². The zero-order chi connectivity index (χ0) is 17.5. The van der Waals surface area contributed by atoms with Gasteiger partial charge in [-0.25, -0.2) is 0 Å². The molecule has 1 fully saturated rings. The van der Waals surface area contributed by atoms with Crippen LogP contribution in [0.5, 0.6) is 0 Å². The molecule has 0 N–H and O–H groups in total. The molecule has 1 aromatic rings. The molecule has 1 aliphatic rings. The molecule has 1 amide bonds. The fourth-order valence-corrected chi connectivity index (χ4v) is 3.10. The van der Waals surface area contributed by atoms with Crippen molar-refractivity contribution in [2.24, 2.45) is 5.92 Å². The molecule has 1 aliphatic heterocycles. The Kier molecular flexibility index (Phi) is 6.75. The van der Waals surface area contributed by atoms with Gasteiger partial charge in [0.2, 0.25) is 0 Å². The minimum Gasteiger partial charge on any atom is -0.464 e. The summed E-state index contributed by atoms with van der Waals surface area (Å²) in [7, 11) is 0. The van der Waals surface area contributed by atoms with E-state index in [1.54, 1.807) is 12.2 Å². The molecule has 4 nitrogen and oxygen atoms in total. The van der Waals surface area contributed by atoms with E-state index >= 15 is 0 Å². The number of benzene rings is 1. The number of hydrogen-bond acceptors (Lipinski definition) is 5. The summed E-state index contributed by atoms with van der Waals surface area (Å²) in [5, 5.41) is 0. The lowest BCUT2D eigenvalue weighted by atomic mass is 10.2. The van der Waals surface area contributed by atoms with E-state index in [0.29, 0.717) is 15.8 Å². The van der Waals surface area contributed by atoms with Gasteiger partial charge in [0.05, 0.1) is 11.5 Å².